The third-order valence-electron chi connectivity index (χ3n) is 2.38. The van der Waals surface area contributed by atoms with Crippen LogP contribution in [0, 0.1) is 0 Å². The highest BCUT2D eigenvalue weighted by atomic mass is 16.5. The zero-order valence-electron chi connectivity index (χ0n) is 9.13. The molecule has 0 saturated heterocycles. The van der Waals surface area contributed by atoms with Crippen LogP contribution in [0.15, 0.2) is 18.2 Å². The smallest absolute Gasteiger partial charge is 0.125 e. The summed E-state index contributed by atoms with van der Waals surface area (Å²) in [7, 11) is 1.48. The molecule has 5 nitrogen and oxygen atoms in total. The number of phenolic OH excluding ortho intramolecular Hbond substituents is 1. The zero-order valence-corrected chi connectivity index (χ0v) is 9.13. The van der Waals surface area contributed by atoms with Crippen molar-refractivity contribution < 1.29 is 20.1 Å². The van der Waals surface area contributed by atoms with Crippen LogP contribution in [0.2, 0.25) is 0 Å². The van der Waals surface area contributed by atoms with Gasteiger partial charge < -0.3 is 25.8 Å². The highest BCUT2D eigenvalue weighted by Crippen LogP contribution is 2.30. The van der Waals surface area contributed by atoms with Crippen LogP contribution in [-0.2, 0) is 0 Å². The first-order valence-electron chi connectivity index (χ1n) is 5.03. The minimum atomic E-state index is -1.14. The molecule has 2 atom stereocenters. The van der Waals surface area contributed by atoms with Crippen LogP contribution in [-0.4, -0.2) is 35.1 Å². The number of rotatable bonds is 5. The number of methoxy groups -OCH3 is 1. The number of ether oxygens (including phenoxy) is 1. The Morgan fingerprint density at radius 1 is 1.38 bits per heavy atom. The van der Waals surface area contributed by atoms with Crippen molar-refractivity contribution in [2.24, 2.45) is 5.73 Å². The lowest BCUT2D eigenvalue weighted by Gasteiger charge is -2.18. The number of hydrogen-bond acceptors (Lipinski definition) is 5. The summed E-state index contributed by atoms with van der Waals surface area (Å²) in [6.45, 7) is 0.273. The molecule has 0 radical (unpaired) electrons. The third kappa shape index (κ3) is 2.85. The van der Waals surface area contributed by atoms with Crippen LogP contribution in [0.4, 0.5) is 0 Å². The van der Waals surface area contributed by atoms with E-state index in [0.717, 1.165) is 0 Å². The minimum Gasteiger partial charge on any atom is -0.507 e. The molecule has 0 spiro atoms. The van der Waals surface area contributed by atoms with Crippen molar-refractivity contribution in [3.05, 3.63) is 23.8 Å². The van der Waals surface area contributed by atoms with Crippen molar-refractivity contribution in [1.82, 2.24) is 0 Å². The number of aliphatic hydroxyl groups excluding tert-OH is 2. The number of phenols is 1. The zero-order chi connectivity index (χ0) is 12.1. The van der Waals surface area contributed by atoms with Gasteiger partial charge in [-0.25, -0.2) is 0 Å². The molecule has 0 saturated carbocycles. The topological polar surface area (TPSA) is 95.9 Å². The van der Waals surface area contributed by atoms with Crippen molar-refractivity contribution in [1.29, 1.82) is 0 Å². The predicted octanol–water partition coefficient (Wildman–Crippen LogP) is 0.144. The van der Waals surface area contributed by atoms with Crippen LogP contribution < -0.4 is 10.5 Å². The molecule has 1 aromatic rings. The summed E-state index contributed by atoms with van der Waals surface area (Å²) in [5.74, 6) is 0.379. The van der Waals surface area contributed by atoms with E-state index in [1.54, 1.807) is 6.07 Å². The average Bonchev–Trinajstić information content (AvgIpc) is 2.28. The normalized spacial score (nSPS) is 14.5. The molecule has 5 heteroatoms. The molecule has 0 aliphatic heterocycles. The lowest BCUT2D eigenvalue weighted by molar-refractivity contribution is 0.0137. The molecule has 0 bridgehead atoms. The summed E-state index contributed by atoms with van der Waals surface area (Å²) in [5, 5.41) is 28.9. The fourth-order valence-electron chi connectivity index (χ4n) is 1.44. The molecule has 0 heterocycles. The van der Waals surface area contributed by atoms with Crippen molar-refractivity contribution >= 4 is 0 Å². The van der Waals surface area contributed by atoms with E-state index >= 15 is 0 Å². The summed E-state index contributed by atoms with van der Waals surface area (Å²) < 4.78 is 4.91. The molecule has 0 aromatic heterocycles. The van der Waals surface area contributed by atoms with E-state index in [4.69, 9.17) is 10.5 Å². The minimum absolute atomic E-state index is 0.108. The number of nitrogens with two attached hydrogens (primary N) is 1. The van der Waals surface area contributed by atoms with E-state index in [1.807, 2.05) is 0 Å². The van der Waals surface area contributed by atoms with Crippen LogP contribution in [0.25, 0.3) is 0 Å². The van der Waals surface area contributed by atoms with Crippen molar-refractivity contribution in [2.45, 2.75) is 18.6 Å². The number of benzene rings is 1. The molecule has 1 rings (SSSR count). The summed E-state index contributed by atoms with van der Waals surface area (Å²) in [6, 6.07) is 4.50. The Labute approximate surface area is 94.1 Å². The van der Waals surface area contributed by atoms with Crippen LogP contribution in [0.5, 0.6) is 11.5 Å². The average molecular weight is 227 g/mol. The van der Waals surface area contributed by atoms with Gasteiger partial charge in [-0.3, -0.25) is 0 Å². The second-order valence-electron chi connectivity index (χ2n) is 3.51. The van der Waals surface area contributed by atoms with Crippen molar-refractivity contribution in [3.8, 4) is 11.5 Å². The molecule has 0 aliphatic rings. The number of aromatic hydroxyl groups is 1. The summed E-state index contributed by atoms with van der Waals surface area (Å²) >= 11 is 0. The highest BCUT2D eigenvalue weighted by molar-refractivity contribution is 5.41. The number of aliphatic hydroxyl groups is 2. The fourth-order valence-corrected chi connectivity index (χ4v) is 1.44. The van der Waals surface area contributed by atoms with E-state index in [1.165, 1.54) is 19.2 Å². The Morgan fingerprint density at radius 2 is 2.06 bits per heavy atom. The molecule has 90 valence electrons. The van der Waals surface area contributed by atoms with E-state index in [-0.39, 0.29) is 24.3 Å². The van der Waals surface area contributed by atoms with Gasteiger partial charge in [0, 0.05) is 11.6 Å². The molecule has 5 N–H and O–H groups in total. The molecular weight excluding hydrogens is 210 g/mol. The van der Waals surface area contributed by atoms with Gasteiger partial charge in [-0.1, -0.05) is 0 Å². The van der Waals surface area contributed by atoms with Gasteiger partial charge in [-0.05, 0) is 25.1 Å². The van der Waals surface area contributed by atoms with Crippen molar-refractivity contribution in [3.63, 3.8) is 0 Å². The van der Waals surface area contributed by atoms with Crippen LogP contribution in [0.1, 0.15) is 18.1 Å². The standard InChI is InChI=1S/C11H17NO4/c1-16-7-2-3-8(10(14)6-7)11(15)9(13)4-5-12/h2-3,6,9,11,13-15H,4-5,12H2,1H3. The molecule has 2 unspecified atom stereocenters. The summed E-state index contributed by atoms with van der Waals surface area (Å²) in [6.07, 6.45) is -1.86. The predicted molar refractivity (Wildman–Crippen MR) is 59.3 cm³/mol. The first kappa shape index (κ1) is 12.8. The molecule has 0 amide bonds. The molecule has 1 aromatic carbocycles. The summed E-state index contributed by atoms with van der Waals surface area (Å²) in [4.78, 5) is 0. The molecule has 0 aliphatic carbocycles. The maximum Gasteiger partial charge on any atom is 0.125 e. The Kier molecular flexibility index (Phi) is 4.54. The quantitative estimate of drug-likeness (QED) is 0.574. The molecular formula is C11H17NO4. The second kappa shape index (κ2) is 5.69. The summed E-state index contributed by atoms with van der Waals surface area (Å²) in [5.41, 5.74) is 5.54. The SMILES string of the molecule is COc1ccc(C(O)C(O)CCN)c(O)c1. The van der Waals surface area contributed by atoms with Gasteiger partial charge in [0.25, 0.3) is 0 Å². The van der Waals surface area contributed by atoms with Gasteiger partial charge in [0.1, 0.15) is 17.6 Å². The highest BCUT2D eigenvalue weighted by Gasteiger charge is 2.20. The monoisotopic (exact) mass is 227 g/mol. The van der Waals surface area contributed by atoms with E-state index < -0.39 is 12.2 Å². The van der Waals surface area contributed by atoms with E-state index in [2.05, 4.69) is 0 Å². The number of hydrogen-bond donors (Lipinski definition) is 4. The van der Waals surface area contributed by atoms with E-state index in [0.29, 0.717) is 5.75 Å². The van der Waals surface area contributed by atoms with Crippen molar-refractivity contribution in [2.75, 3.05) is 13.7 Å². The molecule has 16 heavy (non-hydrogen) atoms. The van der Waals surface area contributed by atoms with Gasteiger partial charge in [0.15, 0.2) is 0 Å². The maximum atomic E-state index is 9.76. The Hall–Kier alpha value is -1.30. The maximum absolute atomic E-state index is 9.76. The Morgan fingerprint density at radius 3 is 2.56 bits per heavy atom. The van der Waals surface area contributed by atoms with Gasteiger partial charge in [0.05, 0.1) is 13.2 Å². The van der Waals surface area contributed by atoms with Gasteiger partial charge >= 0.3 is 0 Å². The molecule has 0 fully saturated rings. The van der Waals surface area contributed by atoms with Crippen LogP contribution in [0.3, 0.4) is 0 Å². The van der Waals surface area contributed by atoms with Gasteiger partial charge in [-0.2, -0.15) is 0 Å². The second-order valence-corrected chi connectivity index (χ2v) is 3.51. The Bertz CT molecular complexity index is 343. The third-order valence-corrected chi connectivity index (χ3v) is 2.38. The first-order valence-corrected chi connectivity index (χ1v) is 5.03. The first-order chi connectivity index (χ1) is 7.60. The Balaban J connectivity index is 2.87. The van der Waals surface area contributed by atoms with Gasteiger partial charge in [0.2, 0.25) is 0 Å². The fraction of sp³-hybridized carbons (Fsp3) is 0.455. The van der Waals surface area contributed by atoms with Crippen LogP contribution >= 0.6 is 0 Å². The largest absolute Gasteiger partial charge is 0.507 e. The van der Waals surface area contributed by atoms with Gasteiger partial charge in [-0.15, -0.1) is 0 Å². The lowest BCUT2D eigenvalue weighted by atomic mass is 10.0. The lowest BCUT2D eigenvalue weighted by Crippen LogP contribution is -2.21. The van der Waals surface area contributed by atoms with E-state index in [9.17, 15) is 15.3 Å².